The van der Waals surface area contributed by atoms with Crippen LogP contribution in [0.5, 0.6) is 17.2 Å². The van der Waals surface area contributed by atoms with Crippen molar-refractivity contribution in [1.29, 1.82) is 0 Å². The quantitative estimate of drug-likeness (QED) is 0.286. The van der Waals surface area contributed by atoms with Crippen LogP contribution in [0.4, 0.5) is 0 Å². The molecule has 2 aromatic carbocycles. The highest BCUT2D eigenvalue weighted by molar-refractivity contribution is 5.87. The molecule has 0 saturated carbocycles. The number of rotatable bonds is 10. The van der Waals surface area contributed by atoms with Crippen LogP contribution in [0.15, 0.2) is 57.7 Å². The largest absolute Gasteiger partial charge is 0.506 e. The second kappa shape index (κ2) is 10.9. The van der Waals surface area contributed by atoms with Crippen molar-refractivity contribution in [3.63, 3.8) is 0 Å². The van der Waals surface area contributed by atoms with Crippen LogP contribution >= 0.6 is 0 Å². The van der Waals surface area contributed by atoms with Crippen molar-refractivity contribution in [3.8, 4) is 39.8 Å². The maximum absolute atomic E-state index is 13.3. The van der Waals surface area contributed by atoms with Gasteiger partial charge in [0.2, 0.25) is 5.89 Å². The summed E-state index contributed by atoms with van der Waals surface area (Å²) in [6, 6.07) is 15.4. The highest BCUT2D eigenvalue weighted by Gasteiger charge is 2.31. The van der Waals surface area contributed by atoms with E-state index in [1.54, 1.807) is 32.4 Å². The Morgan fingerprint density at radius 2 is 1.62 bits per heavy atom. The van der Waals surface area contributed by atoms with Gasteiger partial charge in [0.05, 0.1) is 25.3 Å². The zero-order valence-electron chi connectivity index (χ0n) is 21.9. The molecule has 0 spiro atoms. The predicted octanol–water partition coefficient (Wildman–Crippen LogP) is 5.68. The SMILES string of the molecule is CCCCc1[nH]c(=O)c(-c2nnc(C(C)(C)Cc3ccccc3)o2)c(O)c1-c1c(OC)cccc1OC. The molecule has 0 bridgehead atoms. The molecule has 8 heteroatoms. The molecule has 0 radical (unpaired) electrons. The van der Waals surface area contributed by atoms with E-state index in [1.165, 1.54) is 0 Å². The molecule has 0 saturated heterocycles. The average molecular weight is 504 g/mol. The minimum absolute atomic E-state index is 0.0490. The maximum Gasteiger partial charge on any atom is 0.264 e. The smallest absolute Gasteiger partial charge is 0.264 e. The molecular weight excluding hydrogens is 470 g/mol. The summed E-state index contributed by atoms with van der Waals surface area (Å²) in [5.74, 6) is 1.07. The Morgan fingerprint density at radius 1 is 0.946 bits per heavy atom. The van der Waals surface area contributed by atoms with Crippen molar-refractivity contribution in [2.24, 2.45) is 0 Å². The van der Waals surface area contributed by atoms with Gasteiger partial charge in [0.15, 0.2) is 0 Å². The van der Waals surface area contributed by atoms with Gasteiger partial charge in [-0.15, -0.1) is 10.2 Å². The predicted molar refractivity (Wildman–Crippen MR) is 142 cm³/mol. The van der Waals surface area contributed by atoms with Crippen LogP contribution in [0.25, 0.3) is 22.6 Å². The van der Waals surface area contributed by atoms with Crippen molar-refractivity contribution < 1.29 is 19.0 Å². The van der Waals surface area contributed by atoms with Crippen LogP contribution in [-0.4, -0.2) is 34.5 Å². The number of hydrogen-bond acceptors (Lipinski definition) is 7. The first kappa shape index (κ1) is 26.0. The number of aromatic hydroxyl groups is 1. The molecule has 0 aliphatic carbocycles. The average Bonchev–Trinajstić information content (AvgIpc) is 3.38. The van der Waals surface area contributed by atoms with Gasteiger partial charge < -0.3 is 24.0 Å². The van der Waals surface area contributed by atoms with Crippen molar-refractivity contribution >= 4 is 0 Å². The van der Waals surface area contributed by atoms with Crippen LogP contribution in [0.3, 0.4) is 0 Å². The van der Waals surface area contributed by atoms with Gasteiger partial charge >= 0.3 is 0 Å². The van der Waals surface area contributed by atoms with Crippen LogP contribution < -0.4 is 15.0 Å². The molecule has 194 valence electrons. The monoisotopic (exact) mass is 503 g/mol. The number of aryl methyl sites for hydroxylation is 1. The Hall–Kier alpha value is -4.07. The minimum Gasteiger partial charge on any atom is -0.506 e. The van der Waals surface area contributed by atoms with E-state index in [4.69, 9.17) is 13.9 Å². The molecule has 0 unspecified atom stereocenters. The summed E-state index contributed by atoms with van der Waals surface area (Å²) in [5.41, 5.74) is 1.58. The number of ether oxygens (including phenoxy) is 2. The third-order valence-corrected chi connectivity index (χ3v) is 6.43. The van der Waals surface area contributed by atoms with E-state index >= 15 is 0 Å². The Labute approximate surface area is 216 Å². The molecule has 2 aromatic heterocycles. The molecule has 37 heavy (non-hydrogen) atoms. The molecule has 0 amide bonds. The number of nitrogens with zero attached hydrogens (tertiary/aromatic N) is 2. The van der Waals surface area contributed by atoms with E-state index in [2.05, 4.69) is 22.1 Å². The topological polar surface area (TPSA) is 110 Å². The van der Waals surface area contributed by atoms with E-state index in [9.17, 15) is 9.90 Å². The summed E-state index contributed by atoms with van der Waals surface area (Å²) in [6.07, 6.45) is 2.95. The fourth-order valence-corrected chi connectivity index (χ4v) is 4.52. The molecule has 2 heterocycles. The van der Waals surface area contributed by atoms with Crippen molar-refractivity contribution in [1.82, 2.24) is 15.2 Å². The molecule has 4 aromatic rings. The van der Waals surface area contributed by atoms with Gasteiger partial charge in [-0.05, 0) is 37.0 Å². The number of nitrogens with one attached hydrogen (secondary N) is 1. The van der Waals surface area contributed by atoms with Gasteiger partial charge in [0, 0.05) is 11.1 Å². The second-order valence-electron chi connectivity index (χ2n) is 9.63. The second-order valence-corrected chi connectivity index (χ2v) is 9.63. The van der Waals surface area contributed by atoms with E-state index in [-0.39, 0.29) is 17.2 Å². The zero-order chi connectivity index (χ0) is 26.6. The number of H-pyrrole nitrogens is 1. The Balaban J connectivity index is 1.86. The van der Waals surface area contributed by atoms with Crippen LogP contribution in [-0.2, 0) is 18.3 Å². The first-order valence-corrected chi connectivity index (χ1v) is 12.4. The minimum atomic E-state index is -0.503. The van der Waals surface area contributed by atoms with Gasteiger partial charge in [-0.1, -0.05) is 63.6 Å². The normalized spacial score (nSPS) is 11.5. The lowest BCUT2D eigenvalue weighted by atomic mass is 9.86. The lowest BCUT2D eigenvalue weighted by Crippen LogP contribution is -2.21. The number of benzene rings is 2. The molecule has 0 fully saturated rings. The van der Waals surface area contributed by atoms with Crippen LogP contribution in [0.2, 0.25) is 0 Å². The molecule has 4 rings (SSSR count). The molecular formula is C29H33N3O5. The van der Waals surface area contributed by atoms with E-state index in [1.807, 2.05) is 44.2 Å². The number of hydrogen-bond donors (Lipinski definition) is 2. The van der Waals surface area contributed by atoms with Crippen molar-refractivity contribution in [3.05, 3.63) is 76.0 Å². The van der Waals surface area contributed by atoms with Crippen LogP contribution in [0.1, 0.15) is 50.8 Å². The summed E-state index contributed by atoms with van der Waals surface area (Å²) >= 11 is 0. The third-order valence-electron chi connectivity index (χ3n) is 6.43. The van der Waals surface area contributed by atoms with Crippen molar-refractivity contribution in [2.75, 3.05) is 14.2 Å². The molecule has 0 aliphatic rings. The molecule has 0 atom stereocenters. The van der Waals surface area contributed by atoms with E-state index < -0.39 is 11.0 Å². The van der Waals surface area contributed by atoms with Crippen LogP contribution in [0, 0.1) is 0 Å². The third kappa shape index (κ3) is 5.23. The summed E-state index contributed by atoms with van der Waals surface area (Å²) in [7, 11) is 3.10. The molecule has 8 nitrogen and oxygen atoms in total. The van der Waals surface area contributed by atoms with E-state index in [0.717, 1.165) is 18.4 Å². The number of methoxy groups -OCH3 is 2. The fourth-order valence-electron chi connectivity index (χ4n) is 4.52. The van der Waals surface area contributed by atoms with E-state index in [0.29, 0.717) is 47.1 Å². The number of unbranched alkanes of at least 4 members (excludes halogenated alkanes) is 1. The first-order valence-electron chi connectivity index (χ1n) is 12.4. The molecule has 2 N–H and O–H groups in total. The Bertz CT molecular complexity index is 1400. The fraction of sp³-hybridized carbons (Fsp3) is 0.345. The highest BCUT2D eigenvalue weighted by Crippen LogP contribution is 2.46. The lowest BCUT2D eigenvalue weighted by molar-refractivity contribution is 0.370. The van der Waals surface area contributed by atoms with Gasteiger partial charge in [-0.3, -0.25) is 4.79 Å². The zero-order valence-corrected chi connectivity index (χ0v) is 21.9. The van der Waals surface area contributed by atoms with Gasteiger partial charge in [-0.2, -0.15) is 0 Å². The maximum atomic E-state index is 13.3. The van der Waals surface area contributed by atoms with Gasteiger partial charge in [-0.25, -0.2) is 0 Å². The Morgan fingerprint density at radius 3 is 2.24 bits per heavy atom. The first-order chi connectivity index (χ1) is 17.8. The standard InChI is InChI=1S/C29H33N3O5/c1-6-7-14-19-22(23-20(35-4)15-11-16-21(23)36-5)25(33)24(26(34)30-19)27-31-32-28(37-27)29(2,3)17-18-12-9-8-10-13-18/h8-13,15-16H,6-7,14,17H2,1-5H3,(H2,30,33,34). The summed E-state index contributed by atoms with van der Waals surface area (Å²) < 4.78 is 17.2. The summed E-state index contributed by atoms with van der Waals surface area (Å²) in [4.78, 5) is 16.2. The van der Waals surface area contributed by atoms with Crippen molar-refractivity contribution in [2.45, 2.75) is 51.9 Å². The molecule has 0 aliphatic heterocycles. The lowest BCUT2D eigenvalue weighted by Gasteiger charge is -2.20. The number of pyridine rings is 1. The number of aromatic amines is 1. The van der Waals surface area contributed by atoms with Gasteiger partial charge in [0.25, 0.3) is 11.4 Å². The van der Waals surface area contributed by atoms with Gasteiger partial charge in [0.1, 0.15) is 22.8 Å². The summed E-state index contributed by atoms with van der Waals surface area (Å²) in [6.45, 7) is 6.06. The Kier molecular flexibility index (Phi) is 7.66. The number of aromatic nitrogens is 3. The summed E-state index contributed by atoms with van der Waals surface area (Å²) in [5, 5.41) is 20.0. The highest BCUT2D eigenvalue weighted by atomic mass is 16.5.